The molecule has 1 fully saturated rings. The molecular formula is C21H24N4O3S. The van der Waals surface area contributed by atoms with Crippen LogP contribution in [0.1, 0.15) is 37.3 Å². The van der Waals surface area contributed by atoms with Crippen molar-refractivity contribution in [2.45, 2.75) is 37.6 Å². The first-order valence-corrected chi connectivity index (χ1v) is 11.2. The quantitative estimate of drug-likeness (QED) is 0.664. The standard InChI is InChI=1S/C21H24N4O3S/c1-15-5-11-19(12-6-15)29(26,27)24-16(2)21-22-20(23-28-21)17-7-9-18(10-8-17)25-13-3-4-14-25/h5-12,16,24H,3-4,13-14H2,1-2H3/t16-/m1/s1. The van der Waals surface area contributed by atoms with Crippen molar-refractivity contribution in [1.29, 1.82) is 0 Å². The highest BCUT2D eigenvalue weighted by Crippen LogP contribution is 2.25. The molecule has 29 heavy (non-hydrogen) atoms. The summed E-state index contributed by atoms with van der Waals surface area (Å²) < 4.78 is 33.0. The summed E-state index contributed by atoms with van der Waals surface area (Å²) in [5.41, 5.74) is 3.01. The van der Waals surface area contributed by atoms with Crippen LogP contribution in [0.3, 0.4) is 0 Å². The Bertz CT molecular complexity index is 1070. The second-order valence-corrected chi connectivity index (χ2v) is 9.07. The van der Waals surface area contributed by atoms with Gasteiger partial charge in [-0.25, -0.2) is 8.42 Å². The monoisotopic (exact) mass is 412 g/mol. The van der Waals surface area contributed by atoms with Gasteiger partial charge < -0.3 is 9.42 Å². The summed E-state index contributed by atoms with van der Waals surface area (Å²) in [6.07, 6.45) is 2.46. The van der Waals surface area contributed by atoms with Crippen molar-refractivity contribution in [3.63, 3.8) is 0 Å². The van der Waals surface area contributed by atoms with E-state index in [1.807, 2.05) is 19.1 Å². The molecule has 1 aliphatic rings. The molecule has 0 bridgehead atoms. The van der Waals surface area contributed by atoms with Crippen LogP contribution in [-0.4, -0.2) is 31.6 Å². The molecule has 0 amide bonds. The van der Waals surface area contributed by atoms with Crippen LogP contribution >= 0.6 is 0 Å². The van der Waals surface area contributed by atoms with Gasteiger partial charge in [0.05, 0.1) is 10.9 Å². The molecule has 4 rings (SSSR count). The molecule has 1 saturated heterocycles. The predicted molar refractivity (Wildman–Crippen MR) is 111 cm³/mol. The number of aromatic nitrogens is 2. The maximum atomic E-state index is 12.6. The van der Waals surface area contributed by atoms with Crippen LogP contribution in [0.4, 0.5) is 5.69 Å². The molecule has 1 aromatic heterocycles. The van der Waals surface area contributed by atoms with Crippen molar-refractivity contribution >= 4 is 15.7 Å². The van der Waals surface area contributed by atoms with Crippen molar-refractivity contribution in [2.75, 3.05) is 18.0 Å². The first-order valence-electron chi connectivity index (χ1n) is 9.70. The molecule has 1 atom stereocenters. The van der Waals surface area contributed by atoms with Crippen LogP contribution in [0.5, 0.6) is 0 Å². The van der Waals surface area contributed by atoms with E-state index in [4.69, 9.17) is 4.52 Å². The Balaban J connectivity index is 1.47. The second-order valence-electron chi connectivity index (χ2n) is 7.35. The highest BCUT2D eigenvalue weighted by Gasteiger charge is 2.23. The molecule has 2 heterocycles. The van der Waals surface area contributed by atoms with Gasteiger partial charge in [-0.15, -0.1) is 0 Å². The Kier molecular flexibility index (Phi) is 5.38. The molecule has 0 unspecified atom stereocenters. The van der Waals surface area contributed by atoms with Crippen LogP contribution < -0.4 is 9.62 Å². The lowest BCUT2D eigenvalue weighted by atomic mass is 10.2. The van der Waals surface area contributed by atoms with Crippen molar-refractivity contribution in [1.82, 2.24) is 14.9 Å². The zero-order valence-corrected chi connectivity index (χ0v) is 17.3. The molecule has 8 heteroatoms. The molecule has 1 N–H and O–H groups in total. The topological polar surface area (TPSA) is 88.3 Å². The second kappa shape index (κ2) is 7.96. The lowest BCUT2D eigenvalue weighted by Gasteiger charge is -2.17. The van der Waals surface area contributed by atoms with E-state index in [1.54, 1.807) is 31.2 Å². The van der Waals surface area contributed by atoms with E-state index < -0.39 is 16.1 Å². The van der Waals surface area contributed by atoms with Crippen molar-refractivity contribution in [3.8, 4) is 11.4 Å². The fraction of sp³-hybridized carbons (Fsp3) is 0.333. The minimum atomic E-state index is -3.68. The van der Waals surface area contributed by atoms with Gasteiger partial charge in [-0.05, 0) is 63.1 Å². The van der Waals surface area contributed by atoms with E-state index in [0.717, 1.165) is 24.2 Å². The number of nitrogens with zero attached hydrogens (tertiary/aromatic N) is 3. The smallest absolute Gasteiger partial charge is 0.244 e. The zero-order chi connectivity index (χ0) is 20.4. The number of rotatable bonds is 6. The summed E-state index contributed by atoms with van der Waals surface area (Å²) in [5, 5.41) is 4.01. The van der Waals surface area contributed by atoms with Gasteiger partial charge in [0.15, 0.2) is 0 Å². The molecule has 3 aromatic rings. The maximum Gasteiger partial charge on any atom is 0.244 e. The van der Waals surface area contributed by atoms with Gasteiger partial charge in [-0.1, -0.05) is 22.9 Å². The SMILES string of the molecule is Cc1ccc(S(=O)(=O)N[C@H](C)c2nc(-c3ccc(N4CCCC4)cc3)no2)cc1. The fourth-order valence-corrected chi connectivity index (χ4v) is 4.59. The van der Waals surface area contributed by atoms with Crippen molar-refractivity contribution < 1.29 is 12.9 Å². The third kappa shape index (κ3) is 4.33. The lowest BCUT2D eigenvalue weighted by molar-refractivity contribution is 0.354. The van der Waals surface area contributed by atoms with Crippen LogP contribution in [0.15, 0.2) is 57.9 Å². The number of sulfonamides is 1. The molecule has 152 valence electrons. The Morgan fingerprint density at radius 3 is 2.34 bits per heavy atom. The fourth-order valence-electron chi connectivity index (χ4n) is 3.39. The van der Waals surface area contributed by atoms with Crippen LogP contribution in [-0.2, 0) is 10.0 Å². The van der Waals surface area contributed by atoms with E-state index in [-0.39, 0.29) is 10.8 Å². The lowest BCUT2D eigenvalue weighted by Crippen LogP contribution is -2.27. The van der Waals surface area contributed by atoms with E-state index in [9.17, 15) is 8.42 Å². The zero-order valence-electron chi connectivity index (χ0n) is 16.5. The van der Waals surface area contributed by atoms with E-state index in [0.29, 0.717) is 5.82 Å². The minimum absolute atomic E-state index is 0.201. The average Bonchev–Trinajstić information content (AvgIpc) is 3.40. The first kappa shape index (κ1) is 19.6. The number of nitrogens with one attached hydrogen (secondary N) is 1. The number of benzene rings is 2. The van der Waals surface area contributed by atoms with Gasteiger partial charge in [-0.2, -0.15) is 9.71 Å². The van der Waals surface area contributed by atoms with E-state index in [1.165, 1.54) is 18.5 Å². The van der Waals surface area contributed by atoms with Crippen LogP contribution in [0.25, 0.3) is 11.4 Å². The number of hydrogen-bond acceptors (Lipinski definition) is 6. The Morgan fingerprint density at radius 1 is 1.03 bits per heavy atom. The summed E-state index contributed by atoms with van der Waals surface area (Å²) in [6, 6.07) is 14.1. The van der Waals surface area contributed by atoms with Crippen LogP contribution in [0, 0.1) is 6.92 Å². The van der Waals surface area contributed by atoms with Crippen molar-refractivity contribution in [3.05, 3.63) is 60.0 Å². The molecular weight excluding hydrogens is 388 g/mol. The Labute approximate surface area is 170 Å². The summed E-state index contributed by atoms with van der Waals surface area (Å²) in [5.74, 6) is 0.661. The average molecular weight is 413 g/mol. The molecule has 0 spiro atoms. The van der Waals surface area contributed by atoms with Gasteiger partial charge in [0, 0.05) is 24.3 Å². The van der Waals surface area contributed by atoms with Gasteiger partial charge >= 0.3 is 0 Å². The van der Waals surface area contributed by atoms with Gasteiger partial charge in [0.2, 0.25) is 21.7 Å². The number of aryl methyl sites for hydroxylation is 1. The molecule has 0 radical (unpaired) electrons. The third-order valence-corrected chi connectivity index (χ3v) is 6.63. The third-order valence-electron chi connectivity index (χ3n) is 5.07. The van der Waals surface area contributed by atoms with E-state index >= 15 is 0 Å². The highest BCUT2D eigenvalue weighted by molar-refractivity contribution is 7.89. The number of anilines is 1. The summed E-state index contributed by atoms with van der Waals surface area (Å²) in [4.78, 5) is 6.94. The normalized spacial score (nSPS) is 15.6. The van der Waals surface area contributed by atoms with Crippen molar-refractivity contribution in [2.24, 2.45) is 0 Å². The maximum absolute atomic E-state index is 12.6. The molecule has 1 aliphatic heterocycles. The summed E-state index contributed by atoms with van der Waals surface area (Å²) >= 11 is 0. The molecule has 2 aromatic carbocycles. The van der Waals surface area contributed by atoms with E-state index in [2.05, 4.69) is 31.9 Å². The summed E-state index contributed by atoms with van der Waals surface area (Å²) in [7, 11) is -3.68. The molecule has 0 aliphatic carbocycles. The Morgan fingerprint density at radius 2 is 1.69 bits per heavy atom. The molecule has 7 nitrogen and oxygen atoms in total. The summed E-state index contributed by atoms with van der Waals surface area (Å²) in [6.45, 7) is 5.76. The predicted octanol–water partition coefficient (Wildman–Crippen LogP) is 3.68. The van der Waals surface area contributed by atoms with Gasteiger partial charge in [-0.3, -0.25) is 0 Å². The minimum Gasteiger partial charge on any atom is -0.372 e. The first-order chi connectivity index (χ1) is 13.9. The van der Waals surface area contributed by atoms with Gasteiger partial charge in [0.1, 0.15) is 0 Å². The molecule has 0 saturated carbocycles. The largest absolute Gasteiger partial charge is 0.372 e. The Hall–Kier alpha value is -2.71. The van der Waals surface area contributed by atoms with Gasteiger partial charge in [0.25, 0.3) is 0 Å². The highest BCUT2D eigenvalue weighted by atomic mass is 32.2. The number of hydrogen-bond donors (Lipinski definition) is 1. The van der Waals surface area contributed by atoms with Crippen LogP contribution in [0.2, 0.25) is 0 Å².